The summed E-state index contributed by atoms with van der Waals surface area (Å²) in [5.74, 6) is -0.304. The molecule has 0 bridgehead atoms. The van der Waals surface area contributed by atoms with Crippen LogP contribution in [0.3, 0.4) is 0 Å². The number of hydrogen-bond donors (Lipinski definition) is 1. The van der Waals surface area contributed by atoms with Crippen LogP contribution < -0.4 is 10.1 Å². The SMILES string of the molecule is CCOc1ccc(S(=O)(=O)N2CCC[C@H](C(=O)N[C@@H](C)c3ccc(F)cc3)C2)cc1C. The highest BCUT2D eigenvalue weighted by molar-refractivity contribution is 7.89. The molecule has 6 nitrogen and oxygen atoms in total. The fourth-order valence-corrected chi connectivity index (χ4v) is 5.40. The van der Waals surface area contributed by atoms with E-state index < -0.39 is 15.9 Å². The molecule has 2 aromatic rings. The summed E-state index contributed by atoms with van der Waals surface area (Å²) in [6.07, 6.45) is 1.23. The summed E-state index contributed by atoms with van der Waals surface area (Å²) < 4.78 is 46.4. The predicted molar refractivity (Wildman–Crippen MR) is 117 cm³/mol. The van der Waals surface area contributed by atoms with Crippen molar-refractivity contribution in [3.63, 3.8) is 0 Å². The Hall–Kier alpha value is -2.45. The smallest absolute Gasteiger partial charge is 0.243 e. The lowest BCUT2D eigenvalue weighted by Crippen LogP contribution is -2.45. The van der Waals surface area contributed by atoms with Gasteiger partial charge in [0.25, 0.3) is 0 Å². The number of piperidine rings is 1. The third-order valence-electron chi connectivity index (χ3n) is 5.57. The number of halogens is 1. The van der Waals surface area contributed by atoms with Gasteiger partial charge in [-0.05, 0) is 75.1 Å². The zero-order chi connectivity index (χ0) is 22.6. The van der Waals surface area contributed by atoms with Gasteiger partial charge in [0.05, 0.1) is 23.5 Å². The zero-order valence-corrected chi connectivity index (χ0v) is 18.9. The van der Waals surface area contributed by atoms with Crippen molar-refractivity contribution in [2.45, 2.75) is 44.6 Å². The average Bonchev–Trinajstić information content (AvgIpc) is 2.75. The van der Waals surface area contributed by atoms with Gasteiger partial charge < -0.3 is 10.1 Å². The van der Waals surface area contributed by atoms with Crippen molar-refractivity contribution in [1.29, 1.82) is 0 Å². The van der Waals surface area contributed by atoms with Gasteiger partial charge in [0.2, 0.25) is 15.9 Å². The first-order chi connectivity index (χ1) is 14.7. The Morgan fingerprint density at radius 1 is 1.26 bits per heavy atom. The first-order valence-corrected chi connectivity index (χ1v) is 12.0. The number of sulfonamides is 1. The molecule has 1 heterocycles. The topological polar surface area (TPSA) is 75.7 Å². The van der Waals surface area contributed by atoms with Gasteiger partial charge in [0, 0.05) is 13.1 Å². The number of ether oxygens (including phenoxy) is 1. The van der Waals surface area contributed by atoms with Crippen LogP contribution in [0.2, 0.25) is 0 Å². The molecule has 1 amide bonds. The number of aryl methyl sites for hydroxylation is 1. The standard InChI is InChI=1S/C23H29FN2O4S/c1-4-30-22-12-11-21(14-16(22)2)31(28,29)26-13-5-6-19(15-26)23(27)25-17(3)18-7-9-20(24)10-8-18/h7-12,14,17,19H,4-6,13,15H2,1-3H3,(H,25,27)/t17-,19-/m0/s1. The number of nitrogens with one attached hydrogen (secondary N) is 1. The molecule has 1 aliphatic rings. The van der Waals surface area contributed by atoms with Crippen LogP contribution >= 0.6 is 0 Å². The minimum atomic E-state index is -3.71. The Balaban J connectivity index is 1.69. The summed E-state index contributed by atoms with van der Waals surface area (Å²) in [7, 11) is -3.71. The van der Waals surface area contributed by atoms with Crippen LogP contribution in [0.5, 0.6) is 5.75 Å². The van der Waals surface area contributed by atoms with Crippen LogP contribution in [0.25, 0.3) is 0 Å². The maximum atomic E-state index is 13.2. The van der Waals surface area contributed by atoms with Gasteiger partial charge in [-0.25, -0.2) is 12.8 Å². The maximum Gasteiger partial charge on any atom is 0.243 e. The van der Waals surface area contributed by atoms with Crippen molar-refractivity contribution < 1.29 is 22.3 Å². The predicted octanol–water partition coefficient (Wildman–Crippen LogP) is 3.81. The molecule has 1 saturated heterocycles. The van der Waals surface area contributed by atoms with Gasteiger partial charge in [-0.1, -0.05) is 12.1 Å². The van der Waals surface area contributed by atoms with Crippen LogP contribution in [0.1, 0.15) is 43.9 Å². The highest BCUT2D eigenvalue weighted by Gasteiger charge is 2.34. The first kappa shape index (κ1) is 23.2. The Morgan fingerprint density at radius 2 is 1.97 bits per heavy atom. The third-order valence-corrected chi connectivity index (χ3v) is 7.43. The minimum absolute atomic E-state index is 0.135. The number of benzene rings is 2. The van der Waals surface area contributed by atoms with E-state index in [1.54, 1.807) is 30.3 Å². The molecular weight excluding hydrogens is 419 g/mol. The number of carbonyl (C=O) groups is 1. The van der Waals surface area contributed by atoms with Crippen LogP contribution in [-0.2, 0) is 14.8 Å². The highest BCUT2D eigenvalue weighted by atomic mass is 32.2. The van der Waals surface area contributed by atoms with Crippen molar-refractivity contribution in [2.24, 2.45) is 5.92 Å². The van der Waals surface area contributed by atoms with Crippen molar-refractivity contribution in [1.82, 2.24) is 9.62 Å². The molecule has 0 aromatic heterocycles. The molecule has 3 rings (SSSR count). The van der Waals surface area contributed by atoms with Crippen molar-refractivity contribution in [3.05, 3.63) is 59.4 Å². The Labute approximate surface area is 183 Å². The van der Waals surface area contributed by atoms with Crippen LogP contribution in [0, 0.1) is 18.7 Å². The summed E-state index contributed by atoms with van der Waals surface area (Å²) in [4.78, 5) is 13.0. The van der Waals surface area contributed by atoms with E-state index in [-0.39, 0.29) is 29.2 Å². The van der Waals surface area contributed by atoms with Crippen LogP contribution in [-0.4, -0.2) is 38.3 Å². The minimum Gasteiger partial charge on any atom is -0.494 e. The first-order valence-electron chi connectivity index (χ1n) is 10.5. The maximum absolute atomic E-state index is 13.2. The molecule has 2 aromatic carbocycles. The molecule has 1 fully saturated rings. The fraction of sp³-hybridized carbons (Fsp3) is 0.435. The summed E-state index contributed by atoms with van der Waals surface area (Å²) >= 11 is 0. The lowest BCUT2D eigenvalue weighted by Gasteiger charge is -2.32. The summed E-state index contributed by atoms with van der Waals surface area (Å²) in [6.45, 7) is 6.53. The molecule has 0 aliphatic carbocycles. The van der Waals surface area contributed by atoms with Gasteiger partial charge in [0.15, 0.2) is 0 Å². The van der Waals surface area contributed by atoms with Crippen molar-refractivity contribution in [2.75, 3.05) is 19.7 Å². The number of hydrogen-bond acceptors (Lipinski definition) is 4. The largest absolute Gasteiger partial charge is 0.494 e. The van der Waals surface area contributed by atoms with Gasteiger partial charge in [0.1, 0.15) is 11.6 Å². The zero-order valence-electron chi connectivity index (χ0n) is 18.1. The van der Waals surface area contributed by atoms with Crippen LogP contribution in [0.15, 0.2) is 47.4 Å². The van der Waals surface area contributed by atoms with E-state index in [9.17, 15) is 17.6 Å². The molecule has 1 N–H and O–H groups in total. The molecule has 0 radical (unpaired) electrons. The number of amides is 1. The molecule has 31 heavy (non-hydrogen) atoms. The second-order valence-electron chi connectivity index (χ2n) is 7.84. The molecule has 0 unspecified atom stereocenters. The normalized spacial score (nSPS) is 18.4. The Bertz CT molecular complexity index is 1020. The van der Waals surface area contributed by atoms with E-state index in [0.717, 1.165) is 11.1 Å². The lowest BCUT2D eigenvalue weighted by atomic mass is 9.98. The lowest BCUT2D eigenvalue weighted by molar-refractivity contribution is -0.126. The molecular formula is C23H29FN2O4S. The summed E-state index contributed by atoms with van der Waals surface area (Å²) in [5, 5.41) is 2.93. The molecule has 0 spiro atoms. The fourth-order valence-electron chi connectivity index (χ4n) is 3.79. The number of carbonyl (C=O) groups excluding carboxylic acids is 1. The average molecular weight is 449 g/mol. The summed E-state index contributed by atoms with van der Waals surface area (Å²) in [6, 6.07) is 10.5. The van der Waals surface area contributed by atoms with Crippen LogP contribution in [0.4, 0.5) is 4.39 Å². The van der Waals surface area contributed by atoms with Gasteiger partial charge in [-0.2, -0.15) is 4.31 Å². The quantitative estimate of drug-likeness (QED) is 0.699. The second-order valence-corrected chi connectivity index (χ2v) is 9.78. The summed E-state index contributed by atoms with van der Waals surface area (Å²) in [5.41, 5.74) is 1.54. The molecule has 168 valence electrons. The van der Waals surface area contributed by atoms with E-state index in [1.807, 2.05) is 20.8 Å². The van der Waals surface area contributed by atoms with Gasteiger partial charge >= 0.3 is 0 Å². The second kappa shape index (κ2) is 9.78. The van der Waals surface area contributed by atoms with Gasteiger partial charge in [-0.3, -0.25) is 4.79 Å². The molecule has 8 heteroatoms. The van der Waals surface area contributed by atoms with E-state index >= 15 is 0 Å². The number of nitrogens with zero attached hydrogens (tertiary/aromatic N) is 1. The van der Waals surface area contributed by atoms with E-state index in [4.69, 9.17) is 4.74 Å². The van der Waals surface area contributed by atoms with Crippen molar-refractivity contribution >= 4 is 15.9 Å². The van der Waals surface area contributed by atoms with Gasteiger partial charge in [-0.15, -0.1) is 0 Å². The third kappa shape index (κ3) is 5.43. The monoisotopic (exact) mass is 448 g/mol. The van der Waals surface area contributed by atoms with E-state index in [1.165, 1.54) is 16.4 Å². The Kier molecular flexibility index (Phi) is 7.33. The van der Waals surface area contributed by atoms with Crippen molar-refractivity contribution in [3.8, 4) is 5.75 Å². The van der Waals surface area contributed by atoms with E-state index in [2.05, 4.69) is 5.32 Å². The Morgan fingerprint density at radius 3 is 2.61 bits per heavy atom. The molecule has 2 atom stereocenters. The number of rotatable bonds is 7. The molecule has 0 saturated carbocycles. The highest BCUT2D eigenvalue weighted by Crippen LogP contribution is 2.28. The molecule has 1 aliphatic heterocycles. The van der Waals surface area contributed by atoms with E-state index in [0.29, 0.717) is 31.7 Å².